The van der Waals surface area contributed by atoms with Gasteiger partial charge in [0, 0.05) is 7.05 Å². The van der Waals surface area contributed by atoms with Crippen LogP contribution in [0.25, 0.3) is 0 Å². The molecule has 0 bridgehead atoms. The third-order valence-electron chi connectivity index (χ3n) is 3.35. The van der Waals surface area contributed by atoms with Gasteiger partial charge in [0.15, 0.2) is 0 Å². The molecule has 2 rings (SSSR count). The Balaban J connectivity index is 2.28. The lowest BCUT2D eigenvalue weighted by Crippen LogP contribution is -2.26. The summed E-state index contributed by atoms with van der Waals surface area (Å²) in [6.45, 7) is 2.26. The zero-order valence-corrected chi connectivity index (χ0v) is 13.9. The third kappa shape index (κ3) is 3.81. The van der Waals surface area contributed by atoms with Crippen molar-refractivity contribution in [3.8, 4) is 5.75 Å². The molecule has 0 aliphatic carbocycles. The third-order valence-corrected chi connectivity index (χ3v) is 5.15. The van der Waals surface area contributed by atoms with Crippen molar-refractivity contribution in [2.24, 2.45) is 0 Å². The van der Waals surface area contributed by atoms with Gasteiger partial charge in [-0.3, -0.25) is 4.31 Å². The number of anilines is 1. The molecule has 0 spiro atoms. The van der Waals surface area contributed by atoms with E-state index in [1.165, 1.54) is 31.3 Å². The van der Waals surface area contributed by atoms with Crippen molar-refractivity contribution in [3.63, 3.8) is 0 Å². The minimum absolute atomic E-state index is 0.0216. The van der Waals surface area contributed by atoms with Gasteiger partial charge in [0.1, 0.15) is 5.75 Å². The Kier molecular flexibility index (Phi) is 5.08. The van der Waals surface area contributed by atoms with Crippen molar-refractivity contribution in [2.75, 3.05) is 18.0 Å². The van der Waals surface area contributed by atoms with Crippen LogP contribution in [0.15, 0.2) is 53.4 Å². The average Bonchev–Trinajstić information content (AvgIpc) is 2.54. The Morgan fingerprint density at radius 2 is 1.54 bits per heavy atom. The fraction of sp³-hybridized carbons (Fsp3) is 0.250. The number of hydrogen-bond acceptors (Lipinski definition) is 3. The maximum absolute atomic E-state index is 12.6. The van der Waals surface area contributed by atoms with Gasteiger partial charge in [-0.2, -0.15) is 13.2 Å². The molecule has 0 N–H and O–H groups in total. The highest BCUT2D eigenvalue weighted by molar-refractivity contribution is 7.92. The summed E-state index contributed by atoms with van der Waals surface area (Å²) in [6.07, 6.45) is -4.47. The average molecular weight is 359 g/mol. The highest BCUT2D eigenvalue weighted by Crippen LogP contribution is 2.31. The van der Waals surface area contributed by atoms with Crippen molar-refractivity contribution in [1.29, 1.82) is 0 Å². The van der Waals surface area contributed by atoms with Gasteiger partial charge in [0.25, 0.3) is 10.0 Å². The Labute approximate surface area is 138 Å². The van der Waals surface area contributed by atoms with Gasteiger partial charge in [-0.05, 0) is 55.5 Å². The Morgan fingerprint density at radius 1 is 1.00 bits per heavy atom. The van der Waals surface area contributed by atoms with E-state index in [1.807, 2.05) is 6.92 Å². The minimum atomic E-state index is -4.47. The maximum atomic E-state index is 12.6. The SMILES string of the molecule is CCOc1ccc(S(=O)(=O)N(C)c2ccc(C(F)(F)F)cc2)cc1. The van der Waals surface area contributed by atoms with E-state index in [9.17, 15) is 21.6 Å². The molecule has 4 nitrogen and oxygen atoms in total. The van der Waals surface area contributed by atoms with E-state index >= 15 is 0 Å². The van der Waals surface area contributed by atoms with Gasteiger partial charge < -0.3 is 4.74 Å². The molecule has 2 aromatic rings. The van der Waals surface area contributed by atoms with Crippen LogP contribution in [0, 0.1) is 0 Å². The number of hydrogen-bond donors (Lipinski definition) is 0. The molecular formula is C16H16F3NO3S. The molecule has 2 aromatic carbocycles. The highest BCUT2D eigenvalue weighted by Gasteiger charge is 2.30. The molecule has 0 aliphatic heterocycles. The molecule has 0 unspecified atom stereocenters. The van der Waals surface area contributed by atoms with Gasteiger partial charge in [-0.1, -0.05) is 0 Å². The minimum Gasteiger partial charge on any atom is -0.494 e. The number of sulfonamides is 1. The molecule has 130 valence electrons. The number of ether oxygens (including phenoxy) is 1. The Morgan fingerprint density at radius 3 is 2.00 bits per heavy atom. The second-order valence-corrected chi connectivity index (χ2v) is 6.89. The molecule has 0 saturated carbocycles. The predicted octanol–water partition coefficient (Wildman–Crippen LogP) is 3.93. The van der Waals surface area contributed by atoms with Crippen LogP contribution in [0.2, 0.25) is 0 Å². The summed E-state index contributed by atoms with van der Waals surface area (Å²) >= 11 is 0. The topological polar surface area (TPSA) is 46.6 Å². The van der Waals surface area contributed by atoms with Crippen LogP contribution in [0.3, 0.4) is 0 Å². The summed E-state index contributed by atoms with van der Waals surface area (Å²) in [5, 5.41) is 0. The number of nitrogens with zero attached hydrogens (tertiary/aromatic N) is 1. The smallest absolute Gasteiger partial charge is 0.416 e. The standard InChI is InChI=1S/C16H16F3NO3S/c1-3-23-14-8-10-15(11-9-14)24(21,22)20(2)13-6-4-12(5-7-13)16(17,18)19/h4-11H,3H2,1-2H3. The van der Waals surface area contributed by atoms with Crippen LogP contribution < -0.4 is 9.04 Å². The first-order valence-electron chi connectivity index (χ1n) is 7.05. The zero-order chi connectivity index (χ0) is 18.0. The molecule has 0 aliphatic rings. The lowest BCUT2D eigenvalue weighted by Gasteiger charge is -2.20. The van der Waals surface area contributed by atoms with E-state index < -0.39 is 21.8 Å². The van der Waals surface area contributed by atoms with Crippen LogP contribution in [-0.4, -0.2) is 22.1 Å². The van der Waals surface area contributed by atoms with Crippen LogP contribution in [0.4, 0.5) is 18.9 Å². The molecule has 0 fully saturated rings. The van der Waals surface area contributed by atoms with Gasteiger partial charge in [-0.15, -0.1) is 0 Å². The normalized spacial score (nSPS) is 12.0. The summed E-state index contributed by atoms with van der Waals surface area (Å²) < 4.78 is 69.0. The summed E-state index contributed by atoms with van der Waals surface area (Å²) in [6, 6.07) is 9.76. The largest absolute Gasteiger partial charge is 0.494 e. The van der Waals surface area contributed by atoms with Crippen LogP contribution in [-0.2, 0) is 16.2 Å². The highest BCUT2D eigenvalue weighted by atomic mass is 32.2. The van der Waals surface area contributed by atoms with E-state index in [0.717, 1.165) is 28.6 Å². The lowest BCUT2D eigenvalue weighted by atomic mass is 10.2. The molecule has 0 atom stereocenters. The fourth-order valence-corrected chi connectivity index (χ4v) is 3.23. The van der Waals surface area contributed by atoms with Gasteiger partial charge >= 0.3 is 6.18 Å². The number of alkyl halides is 3. The Bertz CT molecular complexity index is 785. The Hall–Kier alpha value is -2.22. The first kappa shape index (κ1) is 18.1. The van der Waals surface area contributed by atoms with E-state index in [1.54, 1.807) is 0 Å². The molecule has 0 aromatic heterocycles. The quantitative estimate of drug-likeness (QED) is 0.813. The first-order valence-corrected chi connectivity index (χ1v) is 8.49. The number of halogens is 3. The first-order chi connectivity index (χ1) is 11.2. The molecule has 24 heavy (non-hydrogen) atoms. The molecule has 0 saturated heterocycles. The van der Waals surface area contributed by atoms with Crippen molar-refractivity contribution in [1.82, 2.24) is 0 Å². The summed E-state index contributed by atoms with van der Waals surface area (Å²) in [4.78, 5) is 0.0216. The monoisotopic (exact) mass is 359 g/mol. The molecular weight excluding hydrogens is 343 g/mol. The van der Waals surface area contributed by atoms with Crippen molar-refractivity contribution in [3.05, 3.63) is 54.1 Å². The summed E-state index contributed by atoms with van der Waals surface area (Å²) in [5.74, 6) is 0.536. The van der Waals surface area contributed by atoms with E-state index in [-0.39, 0.29) is 10.6 Å². The fourth-order valence-electron chi connectivity index (χ4n) is 2.03. The van der Waals surface area contributed by atoms with E-state index in [2.05, 4.69) is 0 Å². The summed E-state index contributed by atoms with van der Waals surface area (Å²) in [7, 11) is -2.59. The second kappa shape index (κ2) is 6.72. The lowest BCUT2D eigenvalue weighted by molar-refractivity contribution is -0.137. The zero-order valence-electron chi connectivity index (χ0n) is 13.0. The molecule has 0 radical (unpaired) electrons. The van der Waals surface area contributed by atoms with Crippen LogP contribution in [0.5, 0.6) is 5.75 Å². The van der Waals surface area contributed by atoms with E-state index in [0.29, 0.717) is 12.4 Å². The van der Waals surface area contributed by atoms with Crippen LogP contribution in [0.1, 0.15) is 12.5 Å². The summed E-state index contributed by atoms with van der Waals surface area (Å²) in [5.41, 5.74) is -0.699. The van der Waals surface area contributed by atoms with Crippen molar-refractivity contribution in [2.45, 2.75) is 18.0 Å². The van der Waals surface area contributed by atoms with Crippen molar-refractivity contribution < 1.29 is 26.3 Å². The molecule has 8 heteroatoms. The predicted molar refractivity (Wildman–Crippen MR) is 84.6 cm³/mol. The molecule has 0 amide bonds. The number of rotatable bonds is 5. The number of benzene rings is 2. The van der Waals surface area contributed by atoms with E-state index in [4.69, 9.17) is 4.74 Å². The molecule has 0 heterocycles. The van der Waals surface area contributed by atoms with Crippen LogP contribution >= 0.6 is 0 Å². The van der Waals surface area contributed by atoms with Gasteiger partial charge in [0.05, 0.1) is 22.8 Å². The van der Waals surface area contributed by atoms with Gasteiger partial charge in [-0.25, -0.2) is 8.42 Å². The van der Waals surface area contributed by atoms with Crippen molar-refractivity contribution >= 4 is 15.7 Å². The maximum Gasteiger partial charge on any atom is 0.416 e. The second-order valence-electron chi connectivity index (χ2n) is 4.92. The van der Waals surface area contributed by atoms with Gasteiger partial charge in [0.2, 0.25) is 0 Å².